The number of Topliss-reactive ketones (excluding diaryl/α,β-unsaturated/α-hetero) is 1. The number of aryl methyl sites for hydroxylation is 1. The summed E-state index contributed by atoms with van der Waals surface area (Å²) in [6.07, 6.45) is 0. The Hall–Kier alpha value is -2.63. The van der Waals surface area contributed by atoms with Crippen molar-refractivity contribution in [2.24, 2.45) is 0 Å². The molecule has 3 aromatic heterocycles. The highest BCUT2D eigenvalue weighted by Gasteiger charge is 2.13. The van der Waals surface area contributed by atoms with E-state index < -0.39 is 0 Å². The van der Waals surface area contributed by atoms with Gasteiger partial charge in [0.1, 0.15) is 11.6 Å². The second-order valence-corrected chi connectivity index (χ2v) is 4.34. The van der Waals surface area contributed by atoms with Crippen LogP contribution in [0.25, 0.3) is 17.2 Å². The number of hydrogen-bond donors (Lipinski definition) is 1. The lowest BCUT2D eigenvalue weighted by atomic mass is 10.2. The van der Waals surface area contributed by atoms with Gasteiger partial charge in [-0.2, -0.15) is 4.52 Å². The standard InChI is InChI=1S/C13H12N4O2/c1-7-3-4-10(19-7)13-15-12-6-9(8(2)18)5-11(14)17(12)16-13/h3-6H,14H2,1-2H3. The topological polar surface area (TPSA) is 86.4 Å². The van der Waals surface area contributed by atoms with Crippen molar-refractivity contribution in [3.05, 3.63) is 35.6 Å². The number of anilines is 1. The monoisotopic (exact) mass is 256 g/mol. The molecule has 6 nitrogen and oxygen atoms in total. The van der Waals surface area contributed by atoms with Gasteiger partial charge in [-0.05, 0) is 38.1 Å². The van der Waals surface area contributed by atoms with Crippen LogP contribution in [0.1, 0.15) is 23.0 Å². The van der Waals surface area contributed by atoms with E-state index in [1.54, 1.807) is 18.2 Å². The Bertz CT molecular complexity index is 785. The second kappa shape index (κ2) is 3.94. The first-order valence-electron chi connectivity index (χ1n) is 5.78. The minimum absolute atomic E-state index is 0.0624. The first-order chi connectivity index (χ1) is 9.04. The van der Waals surface area contributed by atoms with Gasteiger partial charge in [0.2, 0.25) is 5.82 Å². The number of rotatable bonds is 2. The van der Waals surface area contributed by atoms with E-state index in [2.05, 4.69) is 10.1 Å². The van der Waals surface area contributed by atoms with Gasteiger partial charge in [0.05, 0.1) is 0 Å². The van der Waals surface area contributed by atoms with Crippen molar-refractivity contribution in [1.29, 1.82) is 0 Å². The third kappa shape index (κ3) is 1.87. The van der Waals surface area contributed by atoms with Crippen molar-refractivity contribution in [3.8, 4) is 11.6 Å². The molecule has 96 valence electrons. The minimum atomic E-state index is -0.0624. The Morgan fingerprint density at radius 3 is 2.79 bits per heavy atom. The van der Waals surface area contributed by atoms with Gasteiger partial charge in [-0.15, -0.1) is 5.10 Å². The summed E-state index contributed by atoms with van der Waals surface area (Å²) < 4.78 is 6.96. The number of hydrogen-bond acceptors (Lipinski definition) is 5. The Labute approximate surface area is 108 Å². The number of carbonyl (C=O) groups is 1. The predicted molar refractivity (Wildman–Crippen MR) is 69.8 cm³/mol. The maximum atomic E-state index is 11.4. The third-order valence-electron chi connectivity index (χ3n) is 2.83. The molecular weight excluding hydrogens is 244 g/mol. The van der Waals surface area contributed by atoms with E-state index in [0.717, 1.165) is 5.76 Å². The largest absolute Gasteiger partial charge is 0.458 e. The molecule has 0 saturated carbocycles. The van der Waals surface area contributed by atoms with Crippen LogP contribution in [0.5, 0.6) is 0 Å². The molecule has 0 amide bonds. The number of nitrogens with two attached hydrogens (primary N) is 1. The molecule has 0 bridgehead atoms. The summed E-state index contributed by atoms with van der Waals surface area (Å²) >= 11 is 0. The molecule has 0 unspecified atom stereocenters. The molecule has 0 aliphatic heterocycles. The molecule has 19 heavy (non-hydrogen) atoms. The van der Waals surface area contributed by atoms with E-state index in [1.165, 1.54) is 11.4 Å². The average molecular weight is 256 g/mol. The molecule has 0 radical (unpaired) electrons. The summed E-state index contributed by atoms with van der Waals surface area (Å²) in [5, 5.41) is 4.27. The molecule has 0 fully saturated rings. The maximum Gasteiger partial charge on any atom is 0.217 e. The Kier molecular flexibility index (Phi) is 2.38. The fourth-order valence-corrected chi connectivity index (χ4v) is 1.87. The highest BCUT2D eigenvalue weighted by Crippen LogP contribution is 2.21. The molecule has 6 heteroatoms. The fraction of sp³-hybridized carbons (Fsp3) is 0.154. The lowest BCUT2D eigenvalue weighted by molar-refractivity contribution is 0.101. The van der Waals surface area contributed by atoms with E-state index >= 15 is 0 Å². The predicted octanol–water partition coefficient (Wildman–Crippen LogP) is 2.08. The summed E-state index contributed by atoms with van der Waals surface area (Å²) in [5.41, 5.74) is 6.91. The van der Waals surface area contributed by atoms with Gasteiger partial charge in [-0.1, -0.05) is 0 Å². The van der Waals surface area contributed by atoms with Crippen LogP contribution in [0.4, 0.5) is 5.82 Å². The quantitative estimate of drug-likeness (QED) is 0.709. The van der Waals surface area contributed by atoms with Crippen molar-refractivity contribution in [2.45, 2.75) is 13.8 Å². The number of fused-ring (bicyclic) bond motifs is 1. The van der Waals surface area contributed by atoms with E-state index in [-0.39, 0.29) is 5.78 Å². The first kappa shape index (κ1) is 11.5. The van der Waals surface area contributed by atoms with Gasteiger partial charge in [-0.3, -0.25) is 4.79 Å². The van der Waals surface area contributed by atoms with Crippen molar-refractivity contribution in [3.63, 3.8) is 0 Å². The zero-order valence-electron chi connectivity index (χ0n) is 10.5. The van der Waals surface area contributed by atoms with E-state index in [4.69, 9.17) is 10.2 Å². The van der Waals surface area contributed by atoms with Gasteiger partial charge < -0.3 is 10.2 Å². The minimum Gasteiger partial charge on any atom is -0.458 e. The number of ketones is 1. The van der Waals surface area contributed by atoms with Crippen LogP contribution >= 0.6 is 0 Å². The zero-order valence-corrected chi connectivity index (χ0v) is 10.5. The fourth-order valence-electron chi connectivity index (χ4n) is 1.87. The van der Waals surface area contributed by atoms with Gasteiger partial charge in [0, 0.05) is 5.56 Å². The van der Waals surface area contributed by atoms with Gasteiger partial charge in [-0.25, -0.2) is 4.98 Å². The molecule has 3 heterocycles. The van der Waals surface area contributed by atoms with Crippen LogP contribution < -0.4 is 5.73 Å². The molecule has 2 N–H and O–H groups in total. The Balaban J connectivity index is 2.20. The van der Waals surface area contributed by atoms with E-state index in [0.29, 0.717) is 28.6 Å². The number of aromatic nitrogens is 3. The highest BCUT2D eigenvalue weighted by molar-refractivity contribution is 5.95. The molecule has 0 aromatic carbocycles. The number of nitrogen functional groups attached to an aromatic ring is 1. The highest BCUT2D eigenvalue weighted by atomic mass is 16.3. The normalized spacial score (nSPS) is 11.1. The Morgan fingerprint density at radius 2 is 2.16 bits per heavy atom. The summed E-state index contributed by atoms with van der Waals surface area (Å²) in [6, 6.07) is 6.88. The number of carbonyl (C=O) groups excluding carboxylic acids is 1. The van der Waals surface area contributed by atoms with Crippen molar-refractivity contribution >= 4 is 17.2 Å². The van der Waals surface area contributed by atoms with Crippen LogP contribution in [0, 0.1) is 6.92 Å². The summed E-state index contributed by atoms with van der Waals surface area (Å²) in [6.45, 7) is 3.33. The van der Waals surface area contributed by atoms with Gasteiger partial charge in [0.25, 0.3) is 0 Å². The third-order valence-corrected chi connectivity index (χ3v) is 2.83. The SMILES string of the molecule is CC(=O)c1cc(N)n2nc(-c3ccc(C)o3)nc2c1. The number of furan rings is 1. The van der Waals surface area contributed by atoms with Crippen LogP contribution in [0.3, 0.4) is 0 Å². The van der Waals surface area contributed by atoms with E-state index in [9.17, 15) is 4.79 Å². The summed E-state index contributed by atoms with van der Waals surface area (Å²) in [7, 11) is 0. The van der Waals surface area contributed by atoms with Crippen molar-refractivity contribution < 1.29 is 9.21 Å². The van der Waals surface area contributed by atoms with Crippen LogP contribution in [-0.4, -0.2) is 20.4 Å². The Morgan fingerprint density at radius 1 is 1.37 bits per heavy atom. The average Bonchev–Trinajstić information content (AvgIpc) is 2.94. The number of nitrogens with zero attached hydrogens (tertiary/aromatic N) is 3. The van der Waals surface area contributed by atoms with Crippen LogP contribution in [-0.2, 0) is 0 Å². The van der Waals surface area contributed by atoms with Crippen LogP contribution in [0.15, 0.2) is 28.7 Å². The lowest BCUT2D eigenvalue weighted by Gasteiger charge is -2.00. The summed E-state index contributed by atoms with van der Waals surface area (Å²) in [4.78, 5) is 15.7. The molecular formula is C13H12N4O2. The smallest absolute Gasteiger partial charge is 0.217 e. The molecule has 3 aromatic rings. The van der Waals surface area contributed by atoms with E-state index in [1.807, 2.05) is 13.0 Å². The molecule has 0 spiro atoms. The molecule has 0 saturated heterocycles. The number of pyridine rings is 1. The molecule has 0 aliphatic carbocycles. The molecule has 0 aliphatic rings. The molecule has 3 rings (SSSR count). The zero-order chi connectivity index (χ0) is 13.6. The van der Waals surface area contributed by atoms with Crippen LogP contribution in [0.2, 0.25) is 0 Å². The molecule has 0 atom stereocenters. The second-order valence-electron chi connectivity index (χ2n) is 4.34. The van der Waals surface area contributed by atoms with Gasteiger partial charge in [0.15, 0.2) is 17.2 Å². The van der Waals surface area contributed by atoms with Crippen molar-refractivity contribution in [1.82, 2.24) is 14.6 Å². The van der Waals surface area contributed by atoms with Gasteiger partial charge >= 0.3 is 0 Å². The lowest BCUT2D eigenvalue weighted by Crippen LogP contribution is -2.02. The first-order valence-corrected chi connectivity index (χ1v) is 5.78. The maximum absolute atomic E-state index is 11.4. The summed E-state index contributed by atoms with van der Waals surface area (Å²) in [5.74, 6) is 2.11. The van der Waals surface area contributed by atoms with Crippen molar-refractivity contribution in [2.75, 3.05) is 5.73 Å².